The number of hydrogen-bond donors (Lipinski definition) is 3. The van der Waals surface area contributed by atoms with E-state index in [0.29, 0.717) is 41.8 Å². The van der Waals surface area contributed by atoms with E-state index < -0.39 is 0 Å². The lowest BCUT2D eigenvalue weighted by molar-refractivity contribution is 0.0953. The number of pyridine rings is 1. The first-order valence-corrected chi connectivity index (χ1v) is 6.11. The van der Waals surface area contributed by atoms with Crippen LogP contribution < -0.4 is 16.6 Å². The minimum Gasteiger partial charge on any atom is -0.352 e. The Kier molecular flexibility index (Phi) is 4.26. The fraction of sp³-hybridized carbons (Fsp3) is 0.333. The average molecular weight is 276 g/mol. The number of hydrazine groups is 1. The summed E-state index contributed by atoms with van der Waals surface area (Å²) in [6.07, 6.45) is 0.509. The van der Waals surface area contributed by atoms with Crippen molar-refractivity contribution in [1.29, 1.82) is 0 Å². The number of aryl methyl sites for hydroxylation is 2. The van der Waals surface area contributed by atoms with Gasteiger partial charge in [-0.2, -0.15) is 4.98 Å². The minimum absolute atomic E-state index is 0.202. The van der Waals surface area contributed by atoms with E-state index in [2.05, 4.69) is 25.9 Å². The molecule has 0 aliphatic carbocycles. The van der Waals surface area contributed by atoms with Gasteiger partial charge in [0.25, 0.3) is 5.91 Å². The number of amides is 1. The van der Waals surface area contributed by atoms with Gasteiger partial charge in [-0.3, -0.25) is 4.79 Å². The normalized spacial score (nSPS) is 10.3. The number of anilines is 1. The second-order valence-corrected chi connectivity index (χ2v) is 4.26. The second kappa shape index (κ2) is 6.11. The van der Waals surface area contributed by atoms with Crippen molar-refractivity contribution >= 4 is 11.7 Å². The topological polar surface area (TPSA) is 119 Å². The summed E-state index contributed by atoms with van der Waals surface area (Å²) in [4.78, 5) is 20.2. The summed E-state index contributed by atoms with van der Waals surface area (Å²) in [5.41, 5.74) is 3.63. The number of hydrogen-bond acceptors (Lipinski definition) is 7. The Morgan fingerprint density at radius 2 is 2.15 bits per heavy atom. The minimum atomic E-state index is -0.202. The van der Waals surface area contributed by atoms with Gasteiger partial charge >= 0.3 is 0 Å². The van der Waals surface area contributed by atoms with Gasteiger partial charge in [0.1, 0.15) is 5.82 Å². The number of nitrogen functional groups attached to an aromatic ring is 1. The van der Waals surface area contributed by atoms with E-state index in [1.807, 2.05) is 0 Å². The zero-order chi connectivity index (χ0) is 14.5. The maximum absolute atomic E-state index is 12.0. The van der Waals surface area contributed by atoms with Crippen LogP contribution in [0.1, 0.15) is 27.8 Å². The Hall–Kier alpha value is -2.48. The van der Waals surface area contributed by atoms with E-state index in [4.69, 9.17) is 10.4 Å². The van der Waals surface area contributed by atoms with Gasteiger partial charge in [0.15, 0.2) is 5.82 Å². The maximum atomic E-state index is 12.0. The molecule has 0 aliphatic heterocycles. The van der Waals surface area contributed by atoms with E-state index in [-0.39, 0.29) is 5.91 Å². The Morgan fingerprint density at radius 1 is 1.35 bits per heavy atom. The zero-order valence-corrected chi connectivity index (χ0v) is 11.3. The Morgan fingerprint density at radius 3 is 2.80 bits per heavy atom. The summed E-state index contributed by atoms with van der Waals surface area (Å²) in [5.74, 6) is 6.62. The molecule has 2 aromatic rings. The molecule has 0 radical (unpaired) electrons. The van der Waals surface area contributed by atoms with Crippen molar-refractivity contribution in [3.8, 4) is 0 Å². The SMILES string of the molecule is Cc1cc(C(=O)NCCc2noc(C)n2)cc(NN)n1. The quantitative estimate of drug-likeness (QED) is 0.532. The monoisotopic (exact) mass is 276 g/mol. The molecule has 0 aliphatic rings. The van der Waals surface area contributed by atoms with Crippen molar-refractivity contribution < 1.29 is 9.32 Å². The van der Waals surface area contributed by atoms with E-state index in [1.165, 1.54) is 0 Å². The lowest BCUT2D eigenvalue weighted by atomic mass is 10.2. The van der Waals surface area contributed by atoms with Crippen molar-refractivity contribution in [2.24, 2.45) is 5.84 Å². The van der Waals surface area contributed by atoms with Crippen molar-refractivity contribution in [2.75, 3.05) is 12.0 Å². The average Bonchev–Trinajstić information content (AvgIpc) is 2.83. The van der Waals surface area contributed by atoms with E-state index in [1.54, 1.807) is 26.0 Å². The molecule has 4 N–H and O–H groups in total. The number of nitrogens with zero attached hydrogens (tertiary/aromatic N) is 3. The van der Waals surface area contributed by atoms with Crippen LogP contribution in [0.15, 0.2) is 16.7 Å². The van der Waals surface area contributed by atoms with Crippen molar-refractivity contribution in [2.45, 2.75) is 20.3 Å². The number of rotatable bonds is 5. The van der Waals surface area contributed by atoms with Crippen LogP contribution in [-0.4, -0.2) is 27.6 Å². The highest BCUT2D eigenvalue weighted by Crippen LogP contribution is 2.09. The third-order valence-corrected chi connectivity index (χ3v) is 2.57. The lowest BCUT2D eigenvalue weighted by Crippen LogP contribution is -2.26. The molecular weight excluding hydrogens is 260 g/mol. The molecule has 0 saturated heterocycles. The fourth-order valence-corrected chi connectivity index (χ4v) is 1.71. The molecule has 2 heterocycles. The van der Waals surface area contributed by atoms with Crippen LogP contribution in [0.2, 0.25) is 0 Å². The number of aromatic nitrogens is 3. The zero-order valence-electron chi connectivity index (χ0n) is 11.3. The fourth-order valence-electron chi connectivity index (χ4n) is 1.71. The molecule has 8 nitrogen and oxygen atoms in total. The summed E-state index contributed by atoms with van der Waals surface area (Å²) in [6.45, 7) is 3.93. The largest absolute Gasteiger partial charge is 0.352 e. The van der Waals surface area contributed by atoms with Gasteiger partial charge in [0.05, 0.1) is 0 Å². The molecular formula is C12H16N6O2. The molecule has 0 bridgehead atoms. The molecule has 8 heteroatoms. The molecule has 2 rings (SSSR count). The maximum Gasteiger partial charge on any atom is 0.251 e. The first kappa shape index (κ1) is 13.9. The molecule has 2 aromatic heterocycles. The van der Waals surface area contributed by atoms with Crippen LogP contribution in [0.25, 0.3) is 0 Å². The Labute approximate surface area is 115 Å². The van der Waals surface area contributed by atoms with Gasteiger partial charge in [0.2, 0.25) is 5.89 Å². The molecule has 0 fully saturated rings. The number of carbonyl (C=O) groups excluding carboxylic acids is 1. The lowest BCUT2D eigenvalue weighted by Gasteiger charge is -2.07. The summed E-state index contributed by atoms with van der Waals surface area (Å²) >= 11 is 0. The smallest absolute Gasteiger partial charge is 0.251 e. The molecule has 0 atom stereocenters. The highest BCUT2D eigenvalue weighted by molar-refractivity contribution is 5.94. The number of nitrogens with one attached hydrogen (secondary N) is 2. The van der Waals surface area contributed by atoms with Crippen LogP contribution in [0, 0.1) is 13.8 Å². The Bertz CT molecular complexity index is 610. The van der Waals surface area contributed by atoms with E-state index >= 15 is 0 Å². The summed E-state index contributed by atoms with van der Waals surface area (Å²) in [5, 5.41) is 6.53. The van der Waals surface area contributed by atoms with Crippen molar-refractivity contribution in [3.05, 3.63) is 35.1 Å². The van der Waals surface area contributed by atoms with Crippen molar-refractivity contribution in [1.82, 2.24) is 20.4 Å². The van der Waals surface area contributed by atoms with E-state index in [0.717, 1.165) is 0 Å². The van der Waals surface area contributed by atoms with Crippen LogP contribution in [0.4, 0.5) is 5.82 Å². The van der Waals surface area contributed by atoms with Crippen LogP contribution in [-0.2, 0) is 6.42 Å². The van der Waals surface area contributed by atoms with Gasteiger partial charge in [-0.05, 0) is 19.1 Å². The molecule has 20 heavy (non-hydrogen) atoms. The highest BCUT2D eigenvalue weighted by atomic mass is 16.5. The molecule has 1 amide bonds. The summed E-state index contributed by atoms with van der Waals surface area (Å²) < 4.78 is 4.85. The molecule has 106 valence electrons. The first-order chi connectivity index (χ1) is 9.58. The highest BCUT2D eigenvalue weighted by Gasteiger charge is 2.09. The standard InChI is InChI=1S/C12H16N6O2/c1-7-5-9(6-11(15-7)17-13)12(19)14-4-3-10-16-8(2)20-18-10/h5-6H,3-4,13H2,1-2H3,(H,14,19)(H,15,17). The van der Waals surface area contributed by atoms with Gasteiger partial charge in [0, 0.05) is 31.1 Å². The third-order valence-electron chi connectivity index (χ3n) is 2.57. The van der Waals surface area contributed by atoms with Gasteiger partial charge in [-0.15, -0.1) is 0 Å². The molecule has 0 unspecified atom stereocenters. The second-order valence-electron chi connectivity index (χ2n) is 4.26. The van der Waals surface area contributed by atoms with Crippen LogP contribution in [0.3, 0.4) is 0 Å². The predicted molar refractivity (Wildman–Crippen MR) is 71.9 cm³/mol. The molecule has 0 spiro atoms. The predicted octanol–water partition coefficient (Wildman–Crippen LogP) is 0.340. The number of carbonyl (C=O) groups is 1. The van der Waals surface area contributed by atoms with E-state index in [9.17, 15) is 4.79 Å². The third kappa shape index (κ3) is 3.51. The molecule has 0 aromatic carbocycles. The van der Waals surface area contributed by atoms with Gasteiger partial charge < -0.3 is 15.3 Å². The van der Waals surface area contributed by atoms with Crippen molar-refractivity contribution in [3.63, 3.8) is 0 Å². The van der Waals surface area contributed by atoms with Crippen LogP contribution in [0.5, 0.6) is 0 Å². The first-order valence-electron chi connectivity index (χ1n) is 6.11. The Balaban J connectivity index is 1.93. The number of nitrogens with two attached hydrogens (primary N) is 1. The summed E-state index contributed by atoms with van der Waals surface area (Å²) in [6, 6.07) is 3.27. The van der Waals surface area contributed by atoms with Gasteiger partial charge in [-0.25, -0.2) is 10.8 Å². The molecule has 0 saturated carbocycles. The van der Waals surface area contributed by atoms with Crippen LogP contribution >= 0.6 is 0 Å². The van der Waals surface area contributed by atoms with Gasteiger partial charge in [-0.1, -0.05) is 5.16 Å². The summed E-state index contributed by atoms with van der Waals surface area (Å²) in [7, 11) is 0.